The summed E-state index contributed by atoms with van der Waals surface area (Å²) in [6, 6.07) is 20.0. The molecule has 0 aliphatic carbocycles. The first-order valence-corrected chi connectivity index (χ1v) is 8.93. The number of nitrogens with zero attached hydrogens (tertiary/aromatic N) is 1. The molecule has 3 rings (SSSR count). The molecule has 23 heavy (non-hydrogen) atoms. The zero-order chi connectivity index (χ0) is 16.2. The average molecular weight is 325 g/mol. The van der Waals surface area contributed by atoms with Crippen molar-refractivity contribution in [3.05, 3.63) is 88.8 Å². The molecule has 2 aromatic carbocycles. The van der Waals surface area contributed by atoms with Crippen LogP contribution in [0.1, 0.15) is 33.4 Å². The van der Waals surface area contributed by atoms with E-state index in [4.69, 9.17) is 4.52 Å². The van der Waals surface area contributed by atoms with Gasteiger partial charge in [-0.15, -0.1) is 0 Å². The molecule has 1 aromatic heterocycles. The topological polar surface area (TPSA) is 43.1 Å². The fraction of sp³-hybridized carbons (Fsp3) is 0.211. The van der Waals surface area contributed by atoms with E-state index in [1.165, 1.54) is 0 Å². The largest absolute Gasteiger partial charge is 0.361 e. The van der Waals surface area contributed by atoms with Crippen molar-refractivity contribution < 1.29 is 8.73 Å². The molecule has 0 unspecified atom stereocenters. The Morgan fingerprint density at radius 2 is 1.74 bits per heavy atom. The highest BCUT2D eigenvalue weighted by molar-refractivity contribution is 7.84. The highest BCUT2D eigenvalue weighted by atomic mass is 32.2. The molecule has 118 valence electrons. The van der Waals surface area contributed by atoms with Gasteiger partial charge in [-0.1, -0.05) is 59.8 Å². The van der Waals surface area contributed by atoms with Gasteiger partial charge in [0.05, 0.1) is 16.7 Å². The maximum Gasteiger partial charge on any atom is 0.133 e. The minimum atomic E-state index is -1.13. The SMILES string of the molecule is Cc1cc(C[S@@](=O)[C@@H](c2ccccc2)c2ccccc2C)no1. The number of rotatable bonds is 5. The molecule has 2 atom stereocenters. The van der Waals surface area contributed by atoms with Gasteiger partial charge in [0.1, 0.15) is 5.76 Å². The Hall–Kier alpha value is -2.20. The quantitative estimate of drug-likeness (QED) is 0.701. The van der Waals surface area contributed by atoms with Gasteiger partial charge < -0.3 is 4.52 Å². The van der Waals surface area contributed by atoms with Crippen molar-refractivity contribution >= 4 is 10.8 Å². The molecule has 0 aliphatic heterocycles. The van der Waals surface area contributed by atoms with Crippen molar-refractivity contribution in [1.29, 1.82) is 0 Å². The van der Waals surface area contributed by atoms with Gasteiger partial charge in [-0.3, -0.25) is 4.21 Å². The molecule has 0 saturated heterocycles. The number of benzene rings is 2. The lowest BCUT2D eigenvalue weighted by atomic mass is 10.0. The maximum atomic E-state index is 13.1. The van der Waals surface area contributed by atoms with E-state index in [1.54, 1.807) is 0 Å². The molecular formula is C19H19NO2S. The summed E-state index contributed by atoms with van der Waals surface area (Å²) in [5.41, 5.74) is 4.03. The summed E-state index contributed by atoms with van der Waals surface area (Å²) in [4.78, 5) is 0. The third kappa shape index (κ3) is 3.59. The van der Waals surface area contributed by atoms with E-state index in [-0.39, 0.29) is 5.25 Å². The van der Waals surface area contributed by atoms with Gasteiger partial charge in [0.2, 0.25) is 0 Å². The predicted molar refractivity (Wildman–Crippen MR) is 92.6 cm³/mol. The third-order valence-corrected chi connectivity index (χ3v) is 5.44. The summed E-state index contributed by atoms with van der Waals surface area (Å²) in [6.45, 7) is 3.90. The standard InChI is InChI=1S/C19H19NO2S/c1-14-8-6-7-11-18(14)19(16-9-4-3-5-10-16)23(21)13-17-12-15(2)22-20-17/h3-12,19H,13H2,1-2H3/t19-,23+/m0/s1. The Labute approximate surface area is 138 Å². The van der Waals surface area contributed by atoms with Crippen LogP contribution >= 0.6 is 0 Å². The van der Waals surface area contributed by atoms with Crippen LogP contribution in [0, 0.1) is 13.8 Å². The monoisotopic (exact) mass is 325 g/mol. The average Bonchev–Trinajstić information content (AvgIpc) is 2.95. The second kappa shape index (κ2) is 6.92. The Morgan fingerprint density at radius 3 is 2.39 bits per heavy atom. The summed E-state index contributed by atoms with van der Waals surface area (Å²) < 4.78 is 18.2. The fourth-order valence-corrected chi connectivity index (χ4v) is 4.30. The second-order valence-corrected chi connectivity index (χ2v) is 7.12. The predicted octanol–water partition coefficient (Wildman–Crippen LogP) is 4.33. The van der Waals surface area contributed by atoms with Crippen molar-refractivity contribution in [2.24, 2.45) is 0 Å². The molecule has 0 saturated carbocycles. The first-order valence-electron chi connectivity index (χ1n) is 7.55. The molecule has 0 spiro atoms. The molecule has 4 heteroatoms. The van der Waals surface area contributed by atoms with Gasteiger partial charge in [-0.2, -0.15) is 0 Å². The van der Waals surface area contributed by atoms with E-state index in [1.807, 2.05) is 55.5 Å². The highest BCUT2D eigenvalue weighted by Gasteiger charge is 2.23. The van der Waals surface area contributed by atoms with Crippen LogP contribution in [0.4, 0.5) is 0 Å². The normalized spacial score (nSPS) is 13.7. The van der Waals surface area contributed by atoms with Gasteiger partial charge in [0.25, 0.3) is 0 Å². The summed E-state index contributed by atoms with van der Waals surface area (Å²) in [7, 11) is -1.13. The molecule has 0 N–H and O–H groups in total. The first kappa shape index (κ1) is 15.7. The smallest absolute Gasteiger partial charge is 0.133 e. The van der Waals surface area contributed by atoms with Crippen LogP contribution < -0.4 is 0 Å². The maximum absolute atomic E-state index is 13.1. The van der Waals surface area contributed by atoms with Crippen LogP contribution in [0.5, 0.6) is 0 Å². The highest BCUT2D eigenvalue weighted by Crippen LogP contribution is 2.31. The van der Waals surface area contributed by atoms with Crippen molar-refractivity contribution in [3.63, 3.8) is 0 Å². The molecule has 0 amide bonds. The van der Waals surface area contributed by atoms with E-state index in [0.717, 1.165) is 28.1 Å². The summed E-state index contributed by atoms with van der Waals surface area (Å²) >= 11 is 0. The minimum Gasteiger partial charge on any atom is -0.361 e. The number of aromatic nitrogens is 1. The van der Waals surface area contributed by atoms with Gasteiger partial charge >= 0.3 is 0 Å². The Morgan fingerprint density at radius 1 is 1.04 bits per heavy atom. The second-order valence-electron chi connectivity index (χ2n) is 5.60. The number of hydrogen-bond acceptors (Lipinski definition) is 3. The lowest BCUT2D eigenvalue weighted by Crippen LogP contribution is -2.12. The van der Waals surface area contributed by atoms with Crippen molar-refractivity contribution in [3.8, 4) is 0 Å². The van der Waals surface area contributed by atoms with Crippen LogP contribution in [-0.2, 0) is 16.6 Å². The molecule has 3 aromatic rings. The van der Waals surface area contributed by atoms with Crippen molar-refractivity contribution in [1.82, 2.24) is 5.16 Å². The Balaban J connectivity index is 1.98. The molecule has 3 nitrogen and oxygen atoms in total. The van der Waals surface area contributed by atoms with E-state index in [0.29, 0.717) is 5.75 Å². The van der Waals surface area contributed by atoms with E-state index >= 15 is 0 Å². The molecule has 0 aliphatic rings. The van der Waals surface area contributed by atoms with Gasteiger partial charge in [0.15, 0.2) is 0 Å². The van der Waals surface area contributed by atoms with Crippen molar-refractivity contribution in [2.75, 3.05) is 0 Å². The Bertz CT molecular complexity index is 811. The van der Waals surface area contributed by atoms with E-state index in [2.05, 4.69) is 24.2 Å². The number of aryl methyl sites for hydroxylation is 2. The molecule has 1 heterocycles. The summed E-state index contributed by atoms with van der Waals surface area (Å²) in [5, 5.41) is 3.81. The zero-order valence-electron chi connectivity index (χ0n) is 13.2. The minimum absolute atomic E-state index is 0.172. The summed E-state index contributed by atoms with van der Waals surface area (Å²) in [6.07, 6.45) is 0. The molecule has 0 fully saturated rings. The lowest BCUT2D eigenvalue weighted by Gasteiger charge is -2.19. The zero-order valence-corrected chi connectivity index (χ0v) is 14.0. The van der Waals surface area contributed by atoms with Crippen LogP contribution in [0.3, 0.4) is 0 Å². The van der Waals surface area contributed by atoms with Gasteiger partial charge in [-0.05, 0) is 30.5 Å². The lowest BCUT2D eigenvalue weighted by molar-refractivity contribution is 0.392. The molecular weight excluding hydrogens is 306 g/mol. The third-order valence-electron chi connectivity index (χ3n) is 3.80. The molecule has 0 radical (unpaired) electrons. The first-order chi connectivity index (χ1) is 11.1. The molecule has 0 bridgehead atoms. The van der Waals surface area contributed by atoms with E-state index < -0.39 is 10.8 Å². The Kier molecular flexibility index (Phi) is 4.72. The van der Waals surface area contributed by atoms with Crippen LogP contribution in [0.15, 0.2) is 65.2 Å². The van der Waals surface area contributed by atoms with Gasteiger partial charge in [0, 0.05) is 16.9 Å². The van der Waals surface area contributed by atoms with Crippen LogP contribution in [-0.4, -0.2) is 9.37 Å². The van der Waals surface area contributed by atoms with Crippen molar-refractivity contribution in [2.45, 2.75) is 24.9 Å². The fourth-order valence-electron chi connectivity index (χ4n) is 2.70. The van der Waals surface area contributed by atoms with Crippen LogP contribution in [0.25, 0.3) is 0 Å². The van der Waals surface area contributed by atoms with Gasteiger partial charge in [-0.25, -0.2) is 0 Å². The number of hydrogen-bond donors (Lipinski definition) is 0. The van der Waals surface area contributed by atoms with Crippen LogP contribution in [0.2, 0.25) is 0 Å². The van der Waals surface area contributed by atoms with E-state index in [9.17, 15) is 4.21 Å². The summed E-state index contributed by atoms with van der Waals surface area (Å²) in [5.74, 6) is 1.12.